The molecule has 1 aliphatic rings. The van der Waals surface area contributed by atoms with Gasteiger partial charge in [-0.3, -0.25) is 9.69 Å². The lowest BCUT2D eigenvalue weighted by atomic mass is 10.1. The van der Waals surface area contributed by atoms with E-state index in [9.17, 15) is 4.79 Å². The Kier molecular flexibility index (Phi) is 5.43. The molecule has 2 aromatic rings. The molecule has 1 aliphatic heterocycles. The molecule has 5 nitrogen and oxygen atoms in total. The number of carbonyl (C=O) groups excluding carboxylic acids is 1. The van der Waals surface area contributed by atoms with E-state index < -0.39 is 0 Å². The van der Waals surface area contributed by atoms with E-state index in [1.165, 1.54) is 0 Å². The number of nitrogens with one attached hydrogen (secondary N) is 1. The summed E-state index contributed by atoms with van der Waals surface area (Å²) in [6, 6.07) is 9.42. The van der Waals surface area contributed by atoms with Gasteiger partial charge in [0.05, 0.1) is 24.3 Å². The lowest BCUT2D eigenvalue weighted by Crippen LogP contribution is -2.38. The van der Waals surface area contributed by atoms with Gasteiger partial charge in [-0.05, 0) is 25.1 Å². The van der Waals surface area contributed by atoms with E-state index in [-0.39, 0.29) is 11.1 Å². The predicted molar refractivity (Wildman–Crippen MR) is 91.0 cm³/mol. The van der Waals surface area contributed by atoms with E-state index in [1.807, 2.05) is 24.3 Å². The molecule has 0 spiro atoms. The molecule has 0 atom stereocenters. The van der Waals surface area contributed by atoms with Gasteiger partial charge < -0.3 is 10.1 Å². The van der Waals surface area contributed by atoms with Crippen LogP contribution in [0.4, 0.5) is 0 Å². The first kappa shape index (κ1) is 16.2. The van der Waals surface area contributed by atoms with Crippen LogP contribution in [0.3, 0.4) is 0 Å². The van der Waals surface area contributed by atoms with Crippen molar-refractivity contribution in [1.82, 2.24) is 15.2 Å². The van der Waals surface area contributed by atoms with Crippen molar-refractivity contribution < 1.29 is 9.53 Å². The highest BCUT2D eigenvalue weighted by molar-refractivity contribution is 6.33. The number of ether oxygens (including phenoxy) is 1. The summed E-state index contributed by atoms with van der Waals surface area (Å²) in [5.74, 6) is -0.171. The fourth-order valence-electron chi connectivity index (χ4n) is 2.68. The molecule has 1 aromatic heterocycles. The first-order chi connectivity index (χ1) is 11.2. The SMILES string of the molecule is O=C(NCCCN1CCOCC1)c1cc2ccccc2nc1Cl. The number of fused-ring (bicyclic) bond motifs is 1. The zero-order valence-corrected chi connectivity index (χ0v) is 13.7. The average molecular weight is 334 g/mol. The summed E-state index contributed by atoms with van der Waals surface area (Å²) in [5.41, 5.74) is 1.22. The molecule has 1 saturated heterocycles. The number of aromatic nitrogens is 1. The molecule has 23 heavy (non-hydrogen) atoms. The number of nitrogens with zero attached hydrogens (tertiary/aromatic N) is 2. The maximum atomic E-state index is 12.3. The van der Waals surface area contributed by atoms with Gasteiger partial charge in [0.2, 0.25) is 0 Å². The summed E-state index contributed by atoms with van der Waals surface area (Å²) in [6.45, 7) is 5.12. The number of amides is 1. The quantitative estimate of drug-likeness (QED) is 0.674. The lowest BCUT2D eigenvalue weighted by molar-refractivity contribution is 0.0374. The summed E-state index contributed by atoms with van der Waals surface area (Å²) >= 11 is 6.14. The van der Waals surface area contributed by atoms with Crippen LogP contribution in [-0.4, -0.2) is 55.2 Å². The Labute approximate surface area is 140 Å². The van der Waals surface area contributed by atoms with Crippen LogP contribution in [-0.2, 0) is 4.74 Å². The van der Waals surface area contributed by atoms with Crippen molar-refractivity contribution in [2.45, 2.75) is 6.42 Å². The maximum absolute atomic E-state index is 12.3. The van der Waals surface area contributed by atoms with Crippen LogP contribution in [0.5, 0.6) is 0 Å². The minimum Gasteiger partial charge on any atom is -0.379 e. The maximum Gasteiger partial charge on any atom is 0.254 e. The van der Waals surface area contributed by atoms with E-state index in [0.29, 0.717) is 12.1 Å². The topological polar surface area (TPSA) is 54.5 Å². The van der Waals surface area contributed by atoms with Crippen molar-refractivity contribution in [3.63, 3.8) is 0 Å². The molecule has 6 heteroatoms. The van der Waals surface area contributed by atoms with Gasteiger partial charge in [0.1, 0.15) is 5.15 Å². The van der Waals surface area contributed by atoms with Gasteiger partial charge in [-0.25, -0.2) is 4.98 Å². The van der Waals surface area contributed by atoms with Crippen LogP contribution in [0.15, 0.2) is 30.3 Å². The first-order valence-electron chi connectivity index (χ1n) is 7.87. The number of benzene rings is 1. The van der Waals surface area contributed by atoms with E-state index in [0.717, 1.165) is 50.2 Å². The van der Waals surface area contributed by atoms with Gasteiger partial charge in [0.25, 0.3) is 5.91 Å². The van der Waals surface area contributed by atoms with Crippen molar-refractivity contribution in [2.24, 2.45) is 0 Å². The summed E-state index contributed by atoms with van der Waals surface area (Å²) < 4.78 is 5.32. The van der Waals surface area contributed by atoms with Crippen LogP contribution in [0.1, 0.15) is 16.8 Å². The Morgan fingerprint density at radius 1 is 1.30 bits per heavy atom. The summed E-state index contributed by atoms with van der Waals surface area (Å²) in [7, 11) is 0. The van der Waals surface area contributed by atoms with Gasteiger partial charge >= 0.3 is 0 Å². The van der Waals surface area contributed by atoms with Crippen molar-refractivity contribution in [2.75, 3.05) is 39.4 Å². The summed E-state index contributed by atoms with van der Waals surface area (Å²) in [5, 5.41) is 4.08. The number of rotatable bonds is 5. The van der Waals surface area contributed by atoms with Crippen molar-refractivity contribution >= 4 is 28.4 Å². The molecular formula is C17H20ClN3O2. The number of hydrogen-bond donors (Lipinski definition) is 1. The number of carbonyl (C=O) groups is 1. The number of pyridine rings is 1. The molecule has 2 heterocycles. The molecule has 0 radical (unpaired) electrons. The van der Waals surface area contributed by atoms with Gasteiger partial charge in [-0.1, -0.05) is 29.8 Å². The Hall–Kier alpha value is -1.69. The second kappa shape index (κ2) is 7.73. The Balaban J connectivity index is 1.54. The van der Waals surface area contributed by atoms with E-state index in [4.69, 9.17) is 16.3 Å². The van der Waals surface area contributed by atoms with E-state index in [2.05, 4.69) is 15.2 Å². The predicted octanol–water partition coefficient (Wildman–Crippen LogP) is 2.34. The number of morpholine rings is 1. The zero-order chi connectivity index (χ0) is 16.1. The van der Waals surface area contributed by atoms with Gasteiger partial charge in [0.15, 0.2) is 0 Å². The standard InChI is InChI=1S/C17H20ClN3O2/c18-16-14(12-13-4-1-2-5-15(13)20-16)17(22)19-6-3-7-21-8-10-23-11-9-21/h1-2,4-5,12H,3,6-11H2,(H,19,22). The Morgan fingerprint density at radius 3 is 2.91 bits per heavy atom. The largest absolute Gasteiger partial charge is 0.379 e. The molecule has 122 valence electrons. The lowest BCUT2D eigenvalue weighted by Gasteiger charge is -2.26. The molecule has 3 rings (SSSR count). The number of para-hydroxylation sites is 1. The van der Waals surface area contributed by atoms with Crippen LogP contribution in [0.25, 0.3) is 10.9 Å². The van der Waals surface area contributed by atoms with Crippen molar-refractivity contribution in [1.29, 1.82) is 0 Å². The van der Waals surface area contributed by atoms with Crippen molar-refractivity contribution in [3.8, 4) is 0 Å². The van der Waals surface area contributed by atoms with E-state index in [1.54, 1.807) is 6.07 Å². The average Bonchev–Trinajstić information content (AvgIpc) is 2.59. The number of hydrogen-bond acceptors (Lipinski definition) is 4. The normalized spacial score (nSPS) is 15.7. The van der Waals surface area contributed by atoms with E-state index >= 15 is 0 Å². The third kappa shape index (κ3) is 4.19. The highest BCUT2D eigenvalue weighted by Crippen LogP contribution is 2.20. The second-order valence-corrected chi connectivity index (χ2v) is 5.94. The van der Waals surface area contributed by atoms with Gasteiger partial charge in [-0.15, -0.1) is 0 Å². The Bertz CT molecular complexity index is 687. The fourth-order valence-corrected chi connectivity index (χ4v) is 2.91. The van der Waals surface area contributed by atoms with Crippen LogP contribution >= 0.6 is 11.6 Å². The van der Waals surface area contributed by atoms with Gasteiger partial charge in [-0.2, -0.15) is 0 Å². The van der Waals surface area contributed by atoms with Crippen LogP contribution in [0.2, 0.25) is 5.15 Å². The molecule has 0 unspecified atom stereocenters. The number of halogens is 1. The highest BCUT2D eigenvalue weighted by atomic mass is 35.5. The minimum atomic E-state index is -0.171. The molecule has 1 fully saturated rings. The molecular weight excluding hydrogens is 314 g/mol. The minimum absolute atomic E-state index is 0.171. The fraction of sp³-hybridized carbons (Fsp3) is 0.412. The smallest absolute Gasteiger partial charge is 0.254 e. The van der Waals surface area contributed by atoms with Crippen LogP contribution < -0.4 is 5.32 Å². The van der Waals surface area contributed by atoms with Crippen LogP contribution in [0, 0.1) is 0 Å². The zero-order valence-electron chi connectivity index (χ0n) is 12.9. The first-order valence-corrected chi connectivity index (χ1v) is 8.25. The molecule has 1 aromatic carbocycles. The third-order valence-corrected chi connectivity index (χ3v) is 4.25. The summed E-state index contributed by atoms with van der Waals surface area (Å²) in [6.07, 6.45) is 0.907. The third-order valence-electron chi connectivity index (χ3n) is 3.96. The summed E-state index contributed by atoms with van der Waals surface area (Å²) in [4.78, 5) is 18.9. The van der Waals surface area contributed by atoms with Crippen molar-refractivity contribution in [3.05, 3.63) is 41.0 Å². The highest BCUT2D eigenvalue weighted by Gasteiger charge is 2.13. The Morgan fingerprint density at radius 2 is 2.09 bits per heavy atom. The molecule has 1 amide bonds. The monoisotopic (exact) mass is 333 g/mol. The van der Waals surface area contributed by atoms with Gasteiger partial charge in [0, 0.05) is 25.0 Å². The molecule has 1 N–H and O–H groups in total. The molecule has 0 bridgehead atoms. The molecule has 0 saturated carbocycles. The molecule has 0 aliphatic carbocycles. The second-order valence-electron chi connectivity index (χ2n) is 5.58.